The van der Waals surface area contributed by atoms with Crippen LogP contribution in [0.2, 0.25) is 0 Å². The monoisotopic (exact) mass is 329 g/mol. The maximum Gasteiger partial charge on any atom is 0.191 e. The third-order valence-electron chi connectivity index (χ3n) is 4.19. The first-order chi connectivity index (χ1) is 11.2. The normalized spacial score (nSPS) is 17.3. The number of hydrogen-bond acceptors (Lipinski definition) is 4. The number of guanidine groups is 1. The van der Waals surface area contributed by atoms with Crippen molar-refractivity contribution in [3.8, 4) is 0 Å². The van der Waals surface area contributed by atoms with Crippen molar-refractivity contribution >= 4 is 22.4 Å². The molecule has 23 heavy (non-hydrogen) atoms. The standard InChI is InChI=1S/C17H23N5S/c1-14(15-5-3-2-4-6-15)13-20-16(18)21-8-10-22(11-9-21)17-19-7-12-23-17/h2-7,12,14H,8-11,13H2,1H3,(H2,18,20). The molecule has 1 aliphatic heterocycles. The summed E-state index contributed by atoms with van der Waals surface area (Å²) in [6, 6.07) is 10.5. The Morgan fingerprint density at radius 1 is 1.26 bits per heavy atom. The van der Waals surface area contributed by atoms with E-state index in [4.69, 9.17) is 5.73 Å². The van der Waals surface area contributed by atoms with Crippen LogP contribution >= 0.6 is 11.3 Å². The highest BCUT2D eigenvalue weighted by Gasteiger charge is 2.19. The van der Waals surface area contributed by atoms with Crippen molar-refractivity contribution in [3.63, 3.8) is 0 Å². The van der Waals surface area contributed by atoms with Crippen molar-refractivity contribution < 1.29 is 0 Å². The molecular weight excluding hydrogens is 306 g/mol. The van der Waals surface area contributed by atoms with Gasteiger partial charge < -0.3 is 15.5 Å². The van der Waals surface area contributed by atoms with Crippen LogP contribution in [-0.4, -0.2) is 48.6 Å². The van der Waals surface area contributed by atoms with Crippen molar-refractivity contribution in [2.45, 2.75) is 12.8 Å². The zero-order valence-corrected chi connectivity index (χ0v) is 14.2. The van der Waals surface area contributed by atoms with Crippen molar-refractivity contribution in [3.05, 3.63) is 47.5 Å². The Morgan fingerprint density at radius 2 is 2.00 bits per heavy atom. The van der Waals surface area contributed by atoms with Crippen LogP contribution in [0.25, 0.3) is 0 Å². The molecule has 0 radical (unpaired) electrons. The molecule has 2 aromatic rings. The molecule has 2 heterocycles. The van der Waals surface area contributed by atoms with Crippen molar-refractivity contribution in [2.24, 2.45) is 10.7 Å². The predicted molar refractivity (Wildman–Crippen MR) is 97.2 cm³/mol. The number of aliphatic imine (C=N–C) groups is 1. The highest BCUT2D eigenvalue weighted by molar-refractivity contribution is 7.13. The quantitative estimate of drug-likeness (QED) is 0.691. The summed E-state index contributed by atoms with van der Waals surface area (Å²) < 4.78 is 0. The largest absolute Gasteiger partial charge is 0.370 e. The first-order valence-electron chi connectivity index (χ1n) is 7.98. The summed E-state index contributed by atoms with van der Waals surface area (Å²) in [6.07, 6.45) is 1.85. The number of thiazole rings is 1. The molecule has 6 heteroatoms. The molecule has 0 amide bonds. The summed E-state index contributed by atoms with van der Waals surface area (Å²) >= 11 is 1.69. The zero-order valence-electron chi connectivity index (χ0n) is 13.4. The van der Waals surface area contributed by atoms with E-state index >= 15 is 0 Å². The average molecular weight is 329 g/mol. The minimum Gasteiger partial charge on any atom is -0.370 e. The van der Waals surface area contributed by atoms with Crippen LogP contribution < -0.4 is 10.6 Å². The van der Waals surface area contributed by atoms with Gasteiger partial charge in [-0.25, -0.2) is 4.98 Å². The van der Waals surface area contributed by atoms with E-state index in [0.29, 0.717) is 11.9 Å². The van der Waals surface area contributed by atoms with Gasteiger partial charge in [-0.2, -0.15) is 0 Å². The smallest absolute Gasteiger partial charge is 0.191 e. The predicted octanol–water partition coefficient (Wildman–Crippen LogP) is 2.38. The van der Waals surface area contributed by atoms with E-state index in [-0.39, 0.29) is 0 Å². The van der Waals surface area contributed by atoms with Crippen LogP contribution in [0.1, 0.15) is 18.4 Å². The third kappa shape index (κ3) is 4.01. The number of rotatable bonds is 4. The lowest BCUT2D eigenvalue weighted by Gasteiger charge is -2.35. The molecule has 122 valence electrons. The van der Waals surface area contributed by atoms with Gasteiger partial charge in [0.2, 0.25) is 0 Å². The lowest BCUT2D eigenvalue weighted by Crippen LogP contribution is -2.51. The van der Waals surface area contributed by atoms with E-state index in [9.17, 15) is 0 Å². The third-order valence-corrected chi connectivity index (χ3v) is 5.02. The number of nitrogens with zero attached hydrogens (tertiary/aromatic N) is 4. The number of piperazine rings is 1. The fraction of sp³-hybridized carbons (Fsp3) is 0.412. The van der Waals surface area contributed by atoms with E-state index in [1.54, 1.807) is 11.3 Å². The molecule has 3 rings (SSSR count). The van der Waals surface area contributed by atoms with Crippen molar-refractivity contribution in [1.82, 2.24) is 9.88 Å². The molecular formula is C17H23N5S. The lowest BCUT2D eigenvalue weighted by atomic mass is 10.0. The highest BCUT2D eigenvalue weighted by atomic mass is 32.1. The number of anilines is 1. The number of nitrogens with two attached hydrogens (primary N) is 1. The maximum atomic E-state index is 6.18. The molecule has 0 saturated carbocycles. The summed E-state index contributed by atoms with van der Waals surface area (Å²) in [4.78, 5) is 13.4. The Morgan fingerprint density at radius 3 is 2.65 bits per heavy atom. The van der Waals surface area contributed by atoms with Crippen LogP contribution in [0.15, 0.2) is 46.9 Å². The van der Waals surface area contributed by atoms with E-state index in [2.05, 4.69) is 51.0 Å². The SMILES string of the molecule is CC(CN=C(N)N1CCN(c2nccs2)CC1)c1ccccc1. The van der Waals surface area contributed by atoms with Gasteiger partial charge in [-0.1, -0.05) is 37.3 Å². The molecule has 1 saturated heterocycles. The maximum absolute atomic E-state index is 6.18. The van der Waals surface area contributed by atoms with Gasteiger partial charge in [-0.05, 0) is 5.56 Å². The van der Waals surface area contributed by atoms with E-state index in [1.165, 1.54) is 5.56 Å². The molecule has 2 N–H and O–H groups in total. The Balaban J connectivity index is 1.51. The molecule has 1 fully saturated rings. The molecule has 5 nitrogen and oxygen atoms in total. The minimum absolute atomic E-state index is 0.381. The van der Waals surface area contributed by atoms with Crippen LogP contribution in [-0.2, 0) is 0 Å². The Labute approximate surface area is 141 Å². The second-order valence-corrected chi connectivity index (χ2v) is 6.67. The van der Waals surface area contributed by atoms with Gasteiger partial charge >= 0.3 is 0 Å². The fourth-order valence-corrected chi connectivity index (χ4v) is 3.41. The van der Waals surface area contributed by atoms with Gasteiger partial charge in [-0.3, -0.25) is 4.99 Å². The zero-order chi connectivity index (χ0) is 16.1. The van der Waals surface area contributed by atoms with Crippen LogP contribution in [0, 0.1) is 0 Å². The summed E-state index contributed by atoms with van der Waals surface area (Å²) in [5.74, 6) is 1.04. The second-order valence-electron chi connectivity index (χ2n) is 5.80. The molecule has 1 atom stereocenters. The summed E-state index contributed by atoms with van der Waals surface area (Å²) in [5, 5.41) is 3.11. The van der Waals surface area contributed by atoms with Gasteiger partial charge in [0.15, 0.2) is 11.1 Å². The Kier molecular flexibility index (Phi) is 5.12. The Hall–Kier alpha value is -2.08. The van der Waals surface area contributed by atoms with E-state index in [1.807, 2.05) is 17.6 Å². The summed E-state index contributed by atoms with van der Waals surface area (Å²) in [6.45, 7) is 6.59. The second kappa shape index (κ2) is 7.46. The van der Waals surface area contributed by atoms with Crippen molar-refractivity contribution in [2.75, 3.05) is 37.6 Å². The fourth-order valence-electron chi connectivity index (χ4n) is 2.72. The van der Waals surface area contributed by atoms with Crippen molar-refractivity contribution in [1.29, 1.82) is 0 Å². The Bertz CT molecular complexity index is 618. The van der Waals surface area contributed by atoms with E-state index < -0.39 is 0 Å². The minimum atomic E-state index is 0.381. The summed E-state index contributed by atoms with van der Waals surface area (Å²) in [5.41, 5.74) is 7.49. The summed E-state index contributed by atoms with van der Waals surface area (Å²) in [7, 11) is 0. The topological polar surface area (TPSA) is 57.8 Å². The molecule has 0 bridgehead atoms. The number of benzene rings is 1. The number of hydrogen-bond donors (Lipinski definition) is 1. The molecule has 1 unspecified atom stereocenters. The van der Waals surface area contributed by atoms with Crippen LogP contribution in [0.3, 0.4) is 0 Å². The van der Waals surface area contributed by atoms with Gasteiger partial charge in [0.25, 0.3) is 0 Å². The molecule has 0 aliphatic carbocycles. The first-order valence-corrected chi connectivity index (χ1v) is 8.86. The highest BCUT2D eigenvalue weighted by Crippen LogP contribution is 2.19. The van der Waals surface area contributed by atoms with Gasteiger partial charge in [-0.15, -0.1) is 11.3 Å². The van der Waals surface area contributed by atoms with Gasteiger partial charge in [0.1, 0.15) is 0 Å². The van der Waals surface area contributed by atoms with Gasteiger partial charge in [0, 0.05) is 50.2 Å². The molecule has 1 aromatic carbocycles. The van der Waals surface area contributed by atoms with Crippen LogP contribution in [0.5, 0.6) is 0 Å². The van der Waals surface area contributed by atoms with Crippen LogP contribution in [0.4, 0.5) is 5.13 Å². The average Bonchev–Trinajstić information content (AvgIpc) is 3.15. The van der Waals surface area contributed by atoms with E-state index in [0.717, 1.165) is 37.9 Å². The molecule has 0 spiro atoms. The number of aromatic nitrogens is 1. The van der Waals surface area contributed by atoms with Gasteiger partial charge in [0.05, 0.1) is 0 Å². The molecule has 1 aliphatic rings. The first kappa shape index (κ1) is 15.8. The lowest BCUT2D eigenvalue weighted by molar-refractivity contribution is 0.380. The molecule has 1 aromatic heterocycles.